The number of aryl methyl sites for hydroxylation is 1. The van der Waals surface area contributed by atoms with Crippen LogP contribution in [-0.4, -0.2) is 28.8 Å². The maximum Gasteiger partial charge on any atom is 0.305 e. The van der Waals surface area contributed by atoms with Crippen LogP contribution >= 0.6 is 23.1 Å². The van der Waals surface area contributed by atoms with Gasteiger partial charge in [-0.3, -0.25) is 4.79 Å². The number of thioether (sulfide) groups is 1. The fourth-order valence-corrected chi connectivity index (χ4v) is 4.51. The minimum absolute atomic E-state index is 0.166. The Kier molecular flexibility index (Phi) is 6.04. The summed E-state index contributed by atoms with van der Waals surface area (Å²) in [5, 5.41) is 4.24. The molecule has 0 saturated carbocycles. The van der Waals surface area contributed by atoms with Crippen LogP contribution in [0.1, 0.15) is 25.3 Å². The molecule has 0 aliphatic rings. The third-order valence-corrected chi connectivity index (χ3v) is 5.96. The van der Waals surface area contributed by atoms with Gasteiger partial charge in [0, 0.05) is 23.1 Å². The molecule has 3 aromatic rings. The molecule has 0 aliphatic carbocycles. The highest BCUT2D eigenvalue weighted by atomic mass is 32.2. The lowest BCUT2D eigenvalue weighted by Gasteiger charge is -2.06. The summed E-state index contributed by atoms with van der Waals surface area (Å²) in [5.74, 6) is 0.659. The number of ether oxygens (including phenoxy) is 1. The van der Waals surface area contributed by atoms with Crippen molar-refractivity contribution >= 4 is 39.3 Å². The summed E-state index contributed by atoms with van der Waals surface area (Å²) >= 11 is 3.31. The minimum atomic E-state index is -0.166. The number of nitrogens with zero attached hydrogens (tertiary/aromatic N) is 2. The van der Waals surface area contributed by atoms with Crippen LogP contribution in [0.25, 0.3) is 21.3 Å². The largest absolute Gasteiger partial charge is 0.469 e. The van der Waals surface area contributed by atoms with Gasteiger partial charge in [-0.2, -0.15) is 0 Å². The number of methoxy groups -OCH3 is 1. The lowest BCUT2D eigenvalue weighted by atomic mass is 10.0. The van der Waals surface area contributed by atoms with E-state index in [-0.39, 0.29) is 5.97 Å². The number of thiophene rings is 1. The van der Waals surface area contributed by atoms with Crippen LogP contribution in [0.2, 0.25) is 0 Å². The SMILES string of the molecule is CCc1ccc(-c2csc3ncnc(SCCCC(=O)OC)c23)cc1. The molecule has 0 atom stereocenters. The van der Waals surface area contributed by atoms with Crippen molar-refractivity contribution in [1.82, 2.24) is 9.97 Å². The molecule has 0 unspecified atom stereocenters. The number of carbonyl (C=O) groups is 1. The number of esters is 1. The molecule has 25 heavy (non-hydrogen) atoms. The Morgan fingerprint density at radius 1 is 1.24 bits per heavy atom. The zero-order valence-electron chi connectivity index (χ0n) is 14.3. The van der Waals surface area contributed by atoms with Crippen molar-refractivity contribution in [3.63, 3.8) is 0 Å². The van der Waals surface area contributed by atoms with E-state index >= 15 is 0 Å². The molecule has 2 aromatic heterocycles. The molecule has 0 saturated heterocycles. The molecule has 4 nitrogen and oxygen atoms in total. The molecule has 130 valence electrons. The number of hydrogen-bond acceptors (Lipinski definition) is 6. The highest BCUT2D eigenvalue weighted by Gasteiger charge is 2.13. The van der Waals surface area contributed by atoms with Crippen LogP contribution in [-0.2, 0) is 16.0 Å². The Morgan fingerprint density at radius 3 is 2.76 bits per heavy atom. The van der Waals surface area contributed by atoms with Crippen LogP contribution in [0.3, 0.4) is 0 Å². The summed E-state index contributed by atoms with van der Waals surface area (Å²) in [6.45, 7) is 2.16. The lowest BCUT2D eigenvalue weighted by Crippen LogP contribution is -2.00. The van der Waals surface area contributed by atoms with E-state index in [2.05, 4.69) is 51.3 Å². The average Bonchev–Trinajstić information content (AvgIpc) is 3.10. The molecule has 0 N–H and O–H groups in total. The van der Waals surface area contributed by atoms with Crippen molar-refractivity contribution in [1.29, 1.82) is 0 Å². The summed E-state index contributed by atoms with van der Waals surface area (Å²) in [7, 11) is 1.42. The van der Waals surface area contributed by atoms with Gasteiger partial charge in [-0.25, -0.2) is 9.97 Å². The predicted molar refractivity (Wildman–Crippen MR) is 104 cm³/mol. The van der Waals surface area contributed by atoms with Crippen molar-refractivity contribution in [2.24, 2.45) is 0 Å². The van der Waals surface area contributed by atoms with Gasteiger partial charge in [-0.1, -0.05) is 31.2 Å². The van der Waals surface area contributed by atoms with E-state index in [1.54, 1.807) is 29.4 Å². The van der Waals surface area contributed by atoms with Gasteiger partial charge in [-0.15, -0.1) is 23.1 Å². The second-order valence-electron chi connectivity index (χ2n) is 5.59. The maximum atomic E-state index is 11.2. The van der Waals surface area contributed by atoms with E-state index in [4.69, 9.17) is 0 Å². The zero-order chi connectivity index (χ0) is 17.6. The first kappa shape index (κ1) is 17.9. The van der Waals surface area contributed by atoms with Gasteiger partial charge in [0.25, 0.3) is 0 Å². The quantitative estimate of drug-likeness (QED) is 0.254. The van der Waals surface area contributed by atoms with E-state index in [1.807, 2.05) is 0 Å². The van der Waals surface area contributed by atoms with Crippen molar-refractivity contribution in [2.45, 2.75) is 31.2 Å². The topological polar surface area (TPSA) is 52.1 Å². The van der Waals surface area contributed by atoms with E-state index < -0.39 is 0 Å². The fraction of sp³-hybridized carbons (Fsp3) is 0.316. The monoisotopic (exact) mass is 372 g/mol. The predicted octanol–water partition coefficient (Wildman–Crippen LogP) is 4.97. The van der Waals surface area contributed by atoms with Crippen molar-refractivity contribution in [2.75, 3.05) is 12.9 Å². The number of rotatable bonds is 7. The average molecular weight is 373 g/mol. The van der Waals surface area contributed by atoms with E-state index in [0.29, 0.717) is 6.42 Å². The Balaban J connectivity index is 1.84. The lowest BCUT2D eigenvalue weighted by molar-refractivity contribution is -0.140. The third-order valence-electron chi connectivity index (χ3n) is 4.00. The molecular formula is C19H20N2O2S2. The summed E-state index contributed by atoms with van der Waals surface area (Å²) in [5.41, 5.74) is 3.70. The van der Waals surface area contributed by atoms with E-state index in [1.165, 1.54) is 23.8 Å². The Hall–Kier alpha value is -1.92. The minimum Gasteiger partial charge on any atom is -0.469 e. The van der Waals surface area contributed by atoms with Gasteiger partial charge >= 0.3 is 5.97 Å². The number of benzene rings is 1. The number of fused-ring (bicyclic) bond motifs is 1. The Morgan fingerprint density at radius 2 is 2.04 bits per heavy atom. The smallest absolute Gasteiger partial charge is 0.305 e. The van der Waals surface area contributed by atoms with Crippen molar-refractivity contribution in [3.05, 3.63) is 41.5 Å². The standard InChI is InChI=1S/C19H20N2O2S2/c1-3-13-6-8-14(9-7-13)15-11-25-19-17(15)18(20-12-21-19)24-10-4-5-16(22)23-2/h6-9,11-12H,3-5,10H2,1-2H3. The molecule has 6 heteroatoms. The molecule has 0 fully saturated rings. The molecule has 3 rings (SSSR count). The Bertz CT molecular complexity index is 859. The van der Waals surface area contributed by atoms with Crippen LogP contribution < -0.4 is 0 Å². The van der Waals surface area contributed by atoms with Crippen LogP contribution in [0, 0.1) is 0 Å². The van der Waals surface area contributed by atoms with Crippen LogP contribution in [0.4, 0.5) is 0 Å². The highest BCUT2D eigenvalue weighted by molar-refractivity contribution is 7.99. The van der Waals surface area contributed by atoms with Gasteiger partial charge in [0.05, 0.1) is 12.5 Å². The van der Waals surface area contributed by atoms with E-state index in [9.17, 15) is 4.79 Å². The maximum absolute atomic E-state index is 11.2. The summed E-state index contributed by atoms with van der Waals surface area (Å²) in [4.78, 5) is 21.1. The van der Waals surface area contributed by atoms with Crippen LogP contribution in [0.5, 0.6) is 0 Å². The first-order chi connectivity index (χ1) is 12.2. The zero-order valence-corrected chi connectivity index (χ0v) is 16.0. The molecular weight excluding hydrogens is 352 g/mol. The number of carbonyl (C=O) groups excluding carboxylic acids is 1. The molecule has 0 bridgehead atoms. The summed E-state index contributed by atoms with van der Waals surface area (Å²) in [6, 6.07) is 8.68. The summed E-state index contributed by atoms with van der Waals surface area (Å²) < 4.78 is 4.68. The van der Waals surface area contributed by atoms with Crippen LogP contribution in [0.15, 0.2) is 41.0 Å². The Labute approximate surface area is 155 Å². The fourth-order valence-electron chi connectivity index (χ4n) is 2.58. The molecule has 2 heterocycles. The summed E-state index contributed by atoms with van der Waals surface area (Å²) in [6.07, 6.45) is 3.86. The molecule has 0 aliphatic heterocycles. The van der Waals surface area contributed by atoms with Gasteiger partial charge in [0.1, 0.15) is 16.2 Å². The molecule has 0 spiro atoms. The van der Waals surface area contributed by atoms with Crippen molar-refractivity contribution < 1.29 is 9.53 Å². The second kappa shape index (κ2) is 8.45. The second-order valence-corrected chi connectivity index (χ2v) is 7.53. The van der Waals surface area contributed by atoms with Gasteiger partial charge < -0.3 is 4.74 Å². The normalized spacial score (nSPS) is 11.0. The first-order valence-electron chi connectivity index (χ1n) is 8.24. The van der Waals surface area contributed by atoms with Gasteiger partial charge in [0.2, 0.25) is 0 Å². The van der Waals surface area contributed by atoms with Gasteiger partial charge in [-0.05, 0) is 24.0 Å². The molecule has 1 aromatic carbocycles. The number of aromatic nitrogens is 2. The molecule has 0 radical (unpaired) electrons. The third kappa shape index (κ3) is 4.19. The van der Waals surface area contributed by atoms with E-state index in [0.717, 1.165) is 33.8 Å². The van der Waals surface area contributed by atoms with Gasteiger partial charge in [0.15, 0.2) is 0 Å². The first-order valence-corrected chi connectivity index (χ1v) is 10.1. The molecule has 0 amide bonds. The highest BCUT2D eigenvalue weighted by Crippen LogP contribution is 2.38. The number of hydrogen-bond donors (Lipinski definition) is 0. The van der Waals surface area contributed by atoms with Crippen molar-refractivity contribution in [3.8, 4) is 11.1 Å².